The number of nitrogens with one attached hydrogen (secondary N) is 1. The highest BCUT2D eigenvalue weighted by Crippen LogP contribution is 2.00. The number of hydrogen-bond acceptors (Lipinski definition) is 4. The Balaban J connectivity index is 2.15. The summed E-state index contributed by atoms with van der Waals surface area (Å²) in [5, 5.41) is 3.24. The molecule has 1 aromatic heterocycles. The van der Waals surface area contributed by atoms with Gasteiger partial charge in [0.25, 0.3) is 0 Å². The van der Waals surface area contributed by atoms with Crippen molar-refractivity contribution in [1.29, 1.82) is 0 Å². The van der Waals surface area contributed by atoms with Crippen LogP contribution in [0.2, 0.25) is 0 Å². The van der Waals surface area contributed by atoms with Crippen LogP contribution < -0.4 is 5.32 Å². The summed E-state index contributed by atoms with van der Waals surface area (Å²) in [7, 11) is -3.05. The lowest BCUT2D eigenvalue weighted by molar-refractivity contribution is 0.419. The molecule has 0 amide bonds. The number of nitrogens with zero attached hydrogens (tertiary/aromatic N) is 1. The van der Waals surface area contributed by atoms with E-state index in [-0.39, 0.29) is 0 Å². The minimum absolute atomic E-state index is 0.528. The molecule has 5 nitrogen and oxygen atoms in total. The highest BCUT2D eigenvalue weighted by Gasteiger charge is 2.12. The van der Waals surface area contributed by atoms with E-state index in [0.717, 1.165) is 25.1 Å². The van der Waals surface area contributed by atoms with E-state index in [0.29, 0.717) is 13.1 Å². The van der Waals surface area contributed by atoms with Gasteiger partial charge in [0.2, 0.25) is 10.0 Å². The average Bonchev–Trinajstić information content (AvgIpc) is 2.74. The largest absolute Gasteiger partial charge is 0.472 e. The lowest BCUT2D eigenvalue weighted by Gasteiger charge is -2.17. The van der Waals surface area contributed by atoms with Crippen LogP contribution in [-0.2, 0) is 16.6 Å². The summed E-state index contributed by atoms with van der Waals surface area (Å²) in [6.07, 6.45) is 5.38. The molecule has 0 fully saturated rings. The molecule has 0 saturated heterocycles. The zero-order valence-electron chi connectivity index (χ0n) is 10.3. The molecule has 0 radical (unpaired) electrons. The van der Waals surface area contributed by atoms with Crippen LogP contribution in [0, 0.1) is 0 Å². The monoisotopic (exact) mass is 260 g/mol. The van der Waals surface area contributed by atoms with Gasteiger partial charge in [-0.1, -0.05) is 6.92 Å². The molecule has 98 valence electrons. The van der Waals surface area contributed by atoms with Crippen molar-refractivity contribution in [2.45, 2.75) is 19.9 Å². The Kier molecular flexibility index (Phi) is 5.67. The SMILES string of the molecule is CCN(CCCNCc1ccoc1)S(C)(=O)=O. The van der Waals surface area contributed by atoms with Crippen LogP contribution in [0.25, 0.3) is 0 Å². The van der Waals surface area contributed by atoms with Crippen molar-refractivity contribution in [3.63, 3.8) is 0 Å². The summed E-state index contributed by atoms with van der Waals surface area (Å²) in [6.45, 7) is 4.48. The predicted octanol–water partition coefficient (Wildman–Crippen LogP) is 1.04. The van der Waals surface area contributed by atoms with Crippen molar-refractivity contribution < 1.29 is 12.8 Å². The number of furan rings is 1. The minimum atomic E-state index is -3.05. The van der Waals surface area contributed by atoms with E-state index in [1.54, 1.807) is 12.5 Å². The highest BCUT2D eigenvalue weighted by atomic mass is 32.2. The molecule has 17 heavy (non-hydrogen) atoms. The maximum absolute atomic E-state index is 11.3. The second-order valence-corrected chi connectivity index (χ2v) is 5.90. The van der Waals surface area contributed by atoms with Crippen molar-refractivity contribution in [3.05, 3.63) is 24.2 Å². The Hall–Kier alpha value is -0.850. The average molecular weight is 260 g/mol. The molecular formula is C11H20N2O3S. The Morgan fingerprint density at radius 2 is 2.24 bits per heavy atom. The van der Waals surface area contributed by atoms with Crippen LogP contribution in [-0.4, -0.2) is 38.6 Å². The van der Waals surface area contributed by atoms with Gasteiger partial charge in [-0.2, -0.15) is 0 Å². The fraction of sp³-hybridized carbons (Fsp3) is 0.636. The second kappa shape index (κ2) is 6.78. The molecule has 0 saturated carbocycles. The molecule has 0 aliphatic carbocycles. The van der Waals surface area contributed by atoms with E-state index in [1.807, 2.05) is 13.0 Å². The topological polar surface area (TPSA) is 62.6 Å². The van der Waals surface area contributed by atoms with Crippen molar-refractivity contribution in [2.75, 3.05) is 25.9 Å². The van der Waals surface area contributed by atoms with Gasteiger partial charge in [0.05, 0.1) is 18.8 Å². The molecule has 1 heterocycles. The Morgan fingerprint density at radius 3 is 2.76 bits per heavy atom. The van der Waals surface area contributed by atoms with Gasteiger partial charge in [0.15, 0.2) is 0 Å². The summed E-state index contributed by atoms with van der Waals surface area (Å²) >= 11 is 0. The lowest BCUT2D eigenvalue weighted by Crippen LogP contribution is -2.32. The van der Waals surface area contributed by atoms with Crippen LogP contribution in [0.1, 0.15) is 18.9 Å². The summed E-state index contributed by atoms with van der Waals surface area (Å²) in [5.74, 6) is 0. The van der Waals surface area contributed by atoms with E-state index < -0.39 is 10.0 Å². The molecule has 1 N–H and O–H groups in total. The van der Waals surface area contributed by atoms with Gasteiger partial charge in [-0.25, -0.2) is 12.7 Å². The summed E-state index contributed by atoms with van der Waals surface area (Å²) in [4.78, 5) is 0. The van der Waals surface area contributed by atoms with E-state index in [4.69, 9.17) is 4.42 Å². The first-order valence-electron chi connectivity index (χ1n) is 5.71. The van der Waals surface area contributed by atoms with Gasteiger partial charge in [0.1, 0.15) is 0 Å². The van der Waals surface area contributed by atoms with Crippen LogP contribution in [0.3, 0.4) is 0 Å². The number of hydrogen-bond donors (Lipinski definition) is 1. The third-order valence-corrected chi connectivity index (χ3v) is 3.87. The Morgan fingerprint density at radius 1 is 1.47 bits per heavy atom. The standard InChI is InChI=1S/C11H20N2O3S/c1-3-13(17(2,14)15)7-4-6-12-9-11-5-8-16-10-11/h5,8,10,12H,3-4,6-7,9H2,1-2H3. The molecule has 0 aromatic carbocycles. The quantitative estimate of drug-likeness (QED) is 0.709. The van der Waals surface area contributed by atoms with Crippen LogP contribution >= 0.6 is 0 Å². The minimum Gasteiger partial charge on any atom is -0.472 e. The van der Waals surface area contributed by atoms with Crippen molar-refractivity contribution in [1.82, 2.24) is 9.62 Å². The maximum atomic E-state index is 11.3. The van der Waals surface area contributed by atoms with Crippen molar-refractivity contribution in [3.8, 4) is 0 Å². The van der Waals surface area contributed by atoms with Crippen molar-refractivity contribution >= 4 is 10.0 Å². The summed E-state index contributed by atoms with van der Waals surface area (Å²) in [6, 6.07) is 1.90. The van der Waals surface area contributed by atoms with Gasteiger partial charge in [-0.15, -0.1) is 0 Å². The van der Waals surface area contributed by atoms with Crippen LogP contribution in [0.15, 0.2) is 23.0 Å². The molecule has 0 bridgehead atoms. The Labute approximate surface area is 103 Å². The summed E-state index contributed by atoms with van der Waals surface area (Å²) < 4.78 is 29.0. The van der Waals surface area contributed by atoms with E-state index in [2.05, 4.69) is 5.32 Å². The number of sulfonamides is 1. The fourth-order valence-corrected chi connectivity index (χ4v) is 2.49. The Bertz CT molecular complexity index is 400. The molecular weight excluding hydrogens is 240 g/mol. The number of rotatable bonds is 8. The third kappa shape index (κ3) is 5.34. The first kappa shape index (κ1) is 14.2. The van der Waals surface area contributed by atoms with E-state index in [9.17, 15) is 8.42 Å². The molecule has 0 atom stereocenters. The lowest BCUT2D eigenvalue weighted by atomic mass is 10.3. The molecule has 1 aromatic rings. The van der Waals surface area contributed by atoms with Gasteiger partial charge in [-0.05, 0) is 19.0 Å². The molecule has 1 rings (SSSR count). The molecule has 0 spiro atoms. The van der Waals surface area contributed by atoms with Gasteiger partial charge >= 0.3 is 0 Å². The zero-order valence-corrected chi connectivity index (χ0v) is 11.2. The summed E-state index contributed by atoms with van der Waals surface area (Å²) in [5.41, 5.74) is 1.10. The van der Waals surface area contributed by atoms with Gasteiger partial charge in [-0.3, -0.25) is 0 Å². The van der Waals surface area contributed by atoms with Gasteiger partial charge < -0.3 is 9.73 Å². The molecule has 0 unspecified atom stereocenters. The third-order valence-electron chi connectivity index (χ3n) is 2.49. The first-order chi connectivity index (χ1) is 8.04. The smallest absolute Gasteiger partial charge is 0.211 e. The predicted molar refractivity (Wildman–Crippen MR) is 67.1 cm³/mol. The molecule has 6 heteroatoms. The zero-order chi connectivity index (χ0) is 12.7. The van der Waals surface area contributed by atoms with E-state index in [1.165, 1.54) is 10.6 Å². The maximum Gasteiger partial charge on any atom is 0.211 e. The van der Waals surface area contributed by atoms with Crippen LogP contribution in [0.5, 0.6) is 0 Å². The van der Waals surface area contributed by atoms with Gasteiger partial charge in [0, 0.05) is 25.2 Å². The van der Waals surface area contributed by atoms with Crippen LogP contribution in [0.4, 0.5) is 0 Å². The van der Waals surface area contributed by atoms with E-state index >= 15 is 0 Å². The second-order valence-electron chi connectivity index (χ2n) is 3.92. The van der Waals surface area contributed by atoms with Crippen molar-refractivity contribution in [2.24, 2.45) is 0 Å². The first-order valence-corrected chi connectivity index (χ1v) is 7.55. The normalized spacial score (nSPS) is 12.2. The molecule has 0 aliphatic rings. The molecule has 0 aliphatic heterocycles. The highest BCUT2D eigenvalue weighted by molar-refractivity contribution is 7.88. The fourth-order valence-electron chi connectivity index (χ4n) is 1.56.